The topological polar surface area (TPSA) is 83.6 Å². The fourth-order valence-corrected chi connectivity index (χ4v) is 5.69. The average molecular weight is 557 g/mol. The summed E-state index contributed by atoms with van der Waals surface area (Å²) in [5.74, 6) is 1.66. The van der Waals surface area contributed by atoms with Crippen molar-refractivity contribution in [1.29, 1.82) is 0 Å². The average Bonchev–Trinajstić information content (AvgIpc) is 3.58. The Labute approximate surface area is 240 Å². The van der Waals surface area contributed by atoms with E-state index in [1.807, 2.05) is 77.4 Å². The summed E-state index contributed by atoms with van der Waals surface area (Å²) in [5.41, 5.74) is 4.39. The van der Waals surface area contributed by atoms with Gasteiger partial charge in [-0.1, -0.05) is 24.3 Å². The molecule has 0 radical (unpaired) electrons. The van der Waals surface area contributed by atoms with Crippen LogP contribution in [0, 0.1) is 0 Å². The van der Waals surface area contributed by atoms with Crippen LogP contribution in [-0.2, 0) is 11.3 Å². The number of amides is 2. The number of carbonyl (C=O) groups is 2. The van der Waals surface area contributed by atoms with E-state index in [1.54, 1.807) is 0 Å². The van der Waals surface area contributed by atoms with Gasteiger partial charge in [0.25, 0.3) is 11.8 Å². The lowest BCUT2D eigenvalue weighted by Crippen LogP contribution is -2.48. The van der Waals surface area contributed by atoms with E-state index in [0.717, 1.165) is 54.4 Å². The third-order valence-corrected chi connectivity index (χ3v) is 7.89. The lowest BCUT2D eigenvalue weighted by atomic mass is 10.1. The number of fused-ring (bicyclic) bond motifs is 2. The third-order valence-electron chi connectivity index (χ3n) is 7.89. The minimum absolute atomic E-state index is 0.0269. The first kappa shape index (κ1) is 27.1. The Balaban J connectivity index is 1.05. The number of piperazine rings is 1. The molecule has 3 aliphatic rings. The minimum Gasteiger partial charge on any atom is -0.454 e. The molecule has 3 aromatic rings. The van der Waals surface area contributed by atoms with Gasteiger partial charge >= 0.3 is 0 Å². The highest BCUT2D eigenvalue weighted by Crippen LogP contribution is 2.35. The molecule has 214 valence electrons. The van der Waals surface area contributed by atoms with Crippen LogP contribution in [0.4, 0.5) is 5.69 Å². The predicted molar refractivity (Wildman–Crippen MR) is 155 cm³/mol. The lowest BCUT2D eigenvalue weighted by molar-refractivity contribution is 0.0628. The molecule has 0 saturated carbocycles. The van der Waals surface area contributed by atoms with Gasteiger partial charge in [-0.15, -0.1) is 0 Å². The van der Waals surface area contributed by atoms with E-state index in [-0.39, 0.29) is 24.8 Å². The van der Waals surface area contributed by atoms with Crippen molar-refractivity contribution in [3.05, 3.63) is 89.0 Å². The molecule has 2 amide bonds. The zero-order valence-electron chi connectivity index (χ0n) is 23.4. The molecule has 3 aromatic carbocycles. The summed E-state index contributed by atoms with van der Waals surface area (Å²) >= 11 is 0. The number of nitrogens with zero attached hydrogens (tertiary/aromatic N) is 3. The van der Waals surface area contributed by atoms with Crippen LogP contribution in [0.5, 0.6) is 11.5 Å². The van der Waals surface area contributed by atoms with Crippen LogP contribution < -0.4 is 14.8 Å². The molecule has 0 spiro atoms. The van der Waals surface area contributed by atoms with E-state index in [2.05, 4.69) is 16.3 Å². The summed E-state index contributed by atoms with van der Waals surface area (Å²) in [7, 11) is 0. The fraction of sp³-hybridized carbons (Fsp3) is 0.375. The van der Waals surface area contributed by atoms with E-state index < -0.39 is 0 Å². The molecule has 1 fully saturated rings. The second-order valence-electron chi connectivity index (χ2n) is 10.5. The molecule has 41 heavy (non-hydrogen) atoms. The fourth-order valence-electron chi connectivity index (χ4n) is 5.69. The largest absolute Gasteiger partial charge is 0.454 e. The number of anilines is 1. The highest BCUT2D eigenvalue weighted by atomic mass is 16.7. The first-order valence-electron chi connectivity index (χ1n) is 14.3. The van der Waals surface area contributed by atoms with Crippen LogP contribution in [0.2, 0.25) is 0 Å². The number of hydrogen-bond donors (Lipinski definition) is 1. The van der Waals surface area contributed by atoms with Crippen molar-refractivity contribution >= 4 is 17.5 Å². The van der Waals surface area contributed by atoms with Crippen LogP contribution in [0.1, 0.15) is 51.4 Å². The van der Waals surface area contributed by atoms with Crippen molar-refractivity contribution in [1.82, 2.24) is 14.7 Å². The number of nitrogens with one attached hydrogen (secondary N) is 1. The SMILES string of the molecule is CCOCCCN1C(=O)c2ccccc2C1Nc1ccc(C(=O)N2CCN(Cc3ccc4c(c3)OCO4)CC2)cc1. The molecule has 0 aromatic heterocycles. The van der Waals surface area contributed by atoms with E-state index >= 15 is 0 Å². The van der Waals surface area contributed by atoms with E-state index in [1.165, 1.54) is 5.56 Å². The summed E-state index contributed by atoms with van der Waals surface area (Å²) in [5, 5.41) is 3.52. The Morgan fingerprint density at radius 1 is 0.976 bits per heavy atom. The van der Waals surface area contributed by atoms with Crippen molar-refractivity contribution in [3.8, 4) is 11.5 Å². The quantitative estimate of drug-likeness (QED) is 0.372. The van der Waals surface area contributed by atoms with Crippen LogP contribution >= 0.6 is 0 Å². The van der Waals surface area contributed by atoms with Gasteiger partial charge in [0, 0.05) is 74.9 Å². The second-order valence-corrected chi connectivity index (χ2v) is 10.5. The van der Waals surface area contributed by atoms with Gasteiger partial charge < -0.3 is 29.3 Å². The normalized spacial score (nSPS) is 18.1. The number of ether oxygens (including phenoxy) is 3. The van der Waals surface area contributed by atoms with Crippen LogP contribution in [0.25, 0.3) is 0 Å². The molecule has 9 heteroatoms. The van der Waals surface area contributed by atoms with E-state index in [0.29, 0.717) is 38.4 Å². The van der Waals surface area contributed by atoms with Gasteiger partial charge in [0.1, 0.15) is 6.17 Å². The number of carbonyl (C=O) groups excluding carboxylic acids is 2. The molecular formula is C32H36N4O5. The predicted octanol–water partition coefficient (Wildman–Crippen LogP) is 4.37. The van der Waals surface area contributed by atoms with Gasteiger partial charge in [-0.3, -0.25) is 14.5 Å². The Kier molecular flexibility index (Phi) is 8.07. The number of rotatable bonds is 10. The van der Waals surface area contributed by atoms with Gasteiger partial charge in [0.15, 0.2) is 11.5 Å². The van der Waals surface area contributed by atoms with Crippen molar-refractivity contribution in [2.24, 2.45) is 0 Å². The Morgan fingerprint density at radius 2 is 1.76 bits per heavy atom. The van der Waals surface area contributed by atoms with Gasteiger partial charge in [-0.05, 0) is 61.4 Å². The summed E-state index contributed by atoms with van der Waals surface area (Å²) in [6.45, 7) is 7.93. The summed E-state index contributed by atoms with van der Waals surface area (Å²) < 4.78 is 16.4. The molecule has 6 rings (SSSR count). The Bertz CT molecular complexity index is 1390. The maximum atomic E-state index is 13.3. The Morgan fingerprint density at radius 3 is 2.56 bits per heavy atom. The van der Waals surface area contributed by atoms with Crippen LogP contribution in [-0.4, -0.2) is 79.2 Å². The monoisotopic (exact) mass is 556 g/mol. The van der Waals surface area contributed by atoms with Crippen molar-refractivity contribution in [3.63, 3.8) is 0 Å². The number of benzene rings is 3. The molecule has 9 nitrogen and oxygen atoms in total. The molecule has 0 bridgehead atoms. The maximum absolute atomic E-state index is 13.3. The summed E-state index contributed by atoms with van der Waals surface area (Å²) in [4.78, 5) is 32.5. The van der Waals surface area contributed by atoms with Gasteiger partial charge in [-0.25, -0.2) is 0 Å². The molecule has 0 aliphatic carbocycles. The second kappa shape index (κ2) is 12.2. The van der Waals surface area contributed by atoms with Crippen LogP contribution in [0.3, 0.4) is 0 Å². The molecular weight excluding hydrogens is 520 g/mol. The zero-order valence-corrected chi connectivity index (χ0v) is 23.4. The first-order valence-corrected chi connectivity index (χ1v) is 14.3. The smallest absolute Gasteiger partial charge is 0.256 e. The van der Waals surface area contributed by atoms with Crippen molar-refractivity contribution < 1.29 is 23.8 Å². The molecule has 1 unspecified atom stereocenters. The van der Waals surface area contributed by atoms with Gasteiger partial charge in [-0.2, -0.15) is 0 Å². The maximum Gasteiger partial charge on any atom is 0.256 e. The molecule has 3 heterocycles. The first-order chi connectivity index (χ1) is 20.1. The molecule has 1 N–H and O–H groups in total. The summed E-state index contributed by atoms with van der Waals surface area (Å²) in [6, 6.07) is 21.4. The molecule has 1 saturated heterocycles. The van der Waals surface area contributed by atoms with E-state index in [9.17, 15) is 9.59 Å². The highest BCUT2D eigenvalue weighted by molar-refractivity contribution is 5.99. The highest BCUT2D eigenvalue weighted by Gasteiger charge is 2.36. The molecule has 3 aliphatic heterocycles. The van der Waals surface area contributed by atoms with Gasteiger partial charge in [0.05, 0.1) is 0 Å². The van der Waals surface area contributed by atoms with Crippen molar-refractivity contribution in [2.45, 2.75) is 26.1 Å². The third kappa shape index (κ3) is 5.87. The lowest BCUT2D eigenvalue weighted by Gasteiger charge is -2.35. The van der Waals surface area contributed by atoms with E-state index in [4.69, 9.17) is 14.2 Å². The van der Waals surface area contributed by atoms with Crippen LogP contribution in [0.15, 0.2) is 66.7 Å². The van der Waals surface area contributed by atoms with Crippen molar-refractivity contribution in [2.75, 3.05) is 58.0 Å². The summed E-state index contributed by atoms with van der Waals surface area (Å²) in [6.07, 6.45) is 0.503. The zero-order chi connectivity index (χ0) is 28.2. The number of hydrogen-bond acceptors (Lipinski definition) is 7. The Hall–Kier alpha value is -4.08. The standard InChI is InChI=1S/C32H36N4O5/c1-2-39-19-5-14-36-30(26-6-3-4-7-27(26)32(36)38)33-25-11-9-24(10-12-25)31(37)35-17-15-34(16-18-35)21-23-8-13-28-29(20-23)41-22-40-28/h3-4,6-13,20,30,33H,2,5,14-19,21-22H2,1H3. The minimum atomic E-state index is -0.264. The molecule has 1 atom stereocenters. The van der Waals surface area contributed by atoms with Gasteiger partial charge in [0.2, 0.25) is 6.79 Å².